The molecule has 19 heavy (non-hydrogen) atoms. The Kier molecular flexibility index (Phi) is 3.13. The number of hydrogen-bond donors (Lipinski definition) is 1. The summed E-state index contributed by atoms with van der Waals surface area (Å²) in [6.45, 7) is 3.21. The van der Waals surface area contributed by atoms with Gasteiger partial charge < -0.3 is 9.67 Å². The van der Waals surface area contributed by atoms with Crippen molar-refractivity contribution in [2.24, 2.45) is 0 Å². The lowest BCUT2D eigenvalue weighted by Gasteiger charge is -2.17. The summed E-state index contributed by atoms with van der Waals surface area (Å²) in [6.07, 6.45) is 3.05. The fourth-order valence-corrected chi connectivity index (χ4v) is 3.54. The van der Waals surface area contributed by atoms with Crippen molar-refractivity contribution in [3.8, 4) is 0 Å². The quantitative estimate of drug-likeness (QED) is 0.937. The van der Waals surface area contributed by atoms with Crippen molar-refractivity contribution in [2.75, 3.05) is 0 Å². The third kappa shape index (κ3) is 2.08. The third-order valence-electron chi connectivity index (χ3n) is 3.93. The Labute approximate surface area is 120 Å². The fourth-order valence-electron chi connectivity index (χ4n) is 3.02. The lowest BCUT2D eigenvalue weighted by Crippen LogP contribution is -2.09. The molecule has 0 spiro atoms. The van der Waals surface area contributed by atoms with Gasteiger partial charge in [0.05, 0.1) is 5.52 Å². The van der Waals surface area contributed by atoms with Crippen LogP contribution in [0.25, 0.3) is 10.9 Å². The van der Waals surface area contributed by atoms with Gasteiger partial charge in [0.2, 0.25) is 0 Å². The van der Waals surface area contributed by atoms with E-state index in [1.165, 1.54) is 22.2 Å². The van der Waals surface area contributed by atoms with E-state index in [2.05, 4.69) is 39.6 Å². The first kappa shape index (κ1) is 12.7. The summed E-state index contributed by atoms with van der Waals surface area (Å²) in [5, 5.41) is 10.0. The highest BCUT2D eigenvalue weighted by molar-refractivity contribution is 9.10. The predicted octanol–water partition coefficient (Wildman–Crippen LogP) is 3.68. The SMILES string of the molecule is Cc1c(Br)c2cc(CCC(=O)O)cc3c2n1CCC3. The van der Waals surface area contributed by atoms with Gasteiger partial charge in [-0.2, -0.15) is 0 Å². The molecular formula is C15H16BrNO2. The summed E-state index contributed by atoms with van der Waals surface area (Å²) in [7, 11) is 0. The molecule has 1 aliphatic rings. The molecule has 3 rings (SSSR count). The number of aryl methyl sites for hydroxylation is 3. The van der Waals surface area contributed by atoms with Gasteiger partial charge in [-0.1, -0.05) is 6.07 Å². The number of aromatic nitrogens is 1. The van der Waals surface area contributed by atoms with Crippen LogP contribution in [0.4, 0.5) is 0 Å². The van der Waals surface area contributed by atoms with E-state index in [4.69, 9.17) is 5.11 Å². The van der Waals surface area contributed by atoms with Gasteiger partial charge in [-0.3, -0.25) is 4.79 Å². The van der Waals surface area contributed by atoms with Crippen molar-refractivity contribution in [3.05, 3.63) is 33.4 Å². The van der Waals surface area contributed by atoms with Gasteiger partial charge in [-0.15, -0.1) is 0 Å². The molecule has 0 radical (unpaired) electrons. The monoisotopic (exact) mass is 321 g/mol. The van der Waals surface area contributed by atoms with Crippen LogP contribution in [0.1, 0.15) is 29.7 Å². The van der Waals surface area contributed by atoms with Crippen LogP contribution < -0.4 is 0 Å². The molecule has 0 bridgehead atoms. The van der Waals surface area contributed by atoms with Crippen LogP contribution >= 0.6 is 15.9 Å². The van der Waals surface area contributed by atoms with Crippen molar-refractivity contribution in [3.63, 3.8) is 0 Å². The Morgan fingerprint density at radius 1 is 1.47 bits per heavy atom. The van der Waals surface area contributed by atoms with Crippen LogP contribution in [0.3, 0.4) is 0 Å². The Bertz CT molecular complexity index is 673. The van der Waals surface area contributed by atoms with Gasteiger partial charge in [0.15, 0.2) is 0 Å². The van der Waals surface area contributed by atoms with Crippen molar-refractivity contribution >= 4 is 32.8 Å². The number of benzene rings is 1. The van der Waals surface area contributed by atoms with E-state index in [-0.39, 0.29) is 6.42 Å². The van der Waals surface area contributed by atoms with Crippen molar-refractivity contribution in [2.45, 2.75) is 39.2 Å². The van der Waals surface area contributed by atoms with Crippen LogP contribution in [-0.4, -0.2) is 15.6 Å². The van der Waals surface area contributed by atoms with Crippen LogP contribution in [0.5, 0.6) is 0 Å². The average molecular weight is 322 g/mol. The highest BCUT2D eigenvalue weighted by atomic mass is 79.9. The van der Waals surface area contributed by atoms with E-state index in [1.54, 1.807) is 0 Å². The first-order valence-corrected chi connectivity index (χ1v) is 7.39. The smallest absolute Gasteiger partial charge is 0.303 e. The molecule has 1 N–H and O–H groups in total. The molecule has 0 aliphatic carbocycles. The highest BCUT2D eigenvalue weighted by Crippen LogP contribution is 2.36. The summed E-state index contributed by atoms with van der Waals surface area (Å²) in [6, 6.07) is 4.33. The van der Waals surface area contributed by atoms with Gasteiger partial charge in [0, 0.05) is 28.5 Å². The second-order valence-electron chi connectivity index (χ2n) is 5.20. The first-order chi connectivity index (χ1) is 9.08. The van der Waals surface area contributed by atoms with Crippen LogP contribution in [0.15, 0.2) is 16.6 Å². The Hall–Kier alpha value is -1.29. The van der Waals surface area contributed by atoms with Gasteiger partial charge in [-0.05, 0) is 59.3 Å². The molecule has 4 heteroatoms. The molecule has 2 aromatic rings. The maximum Gasteiger partial charge on any atom is 0.303 e. The minimum atomic E-state index is -0.735. The Morgan fingerprint density at radius 2 is 2.26 bits per heavy atom. The molecule has 2 heterocycles. The van der Waals surface area contributed by atoms with Gasteiger partial charge in [-0.25, -0.2) is 0 Å². The third-order valence-corrected chi connectivity index (χ3v) is 4.93. The Morgan fingerprint density at radius 3 is 3.00 bits per heavy atom. The number of aliphatic carboxylic acids is 1. The molecule has 0 fully saturated rings. The predicted molar refractivity (Wildman–Crippen MR) is 78.7 cm³/mol. The van der Waals surface area contributed by atoms with Gasteiger partial charge >= 0.3 is 5.97 Å². The average Bonchev–Trinajstić information content (AvgIpc) is 2.64. The summed E-state index contributed by atoms with van der Waals surface area (Å²) in [4.78, 5) is 10.7. The zero-order valence-corrected chi connectivity index (χ0v) is 12.5. The lowest BCUT2D eigenvalue weighted by molar-refractivity contribution is -0.136. The van der Waals surface area contributed by atoms with Gasteiger partial charge in [0.1, 0.15) is 0 Å². The van der Waals surface area contributed by atoms with Crippen molar-refractivity contribution in [1.82, 2.24) is 4.57 Å². The zero-order valence-electron chi connectivity index (χ0n) is 10.9. The normalized spacial score (nSPS) is 14.0. The van der Waals surface area contributed by atoms with Crippen LogP contribution in [0, 0.1) is 6.92 Å². The Balaban J connectivity index is 2.14. The molecule has 0 saturated carbocycles. The summed E-state index contributed by atoms with van der Waals surface area (Å²) in [5.74, 6) is -0.735. The van der Waals surface area contributed by atoms with E-state index < -0.39 is 5.97 Å². The van der Waals surface area contributed by atoms with E-state index in [9.17, 15) is 4.79 Å². The van der Waals surface area contributed by atoms with Crippen molar-refractivity contribution < 1.29 is 9.90 Å². The molecule has 0 saturated heterocycles. The van der Waals surface area contributed by atoms with Crippen molar-refractivity contribution in [1.29, 1.82) is 0 Å². The summed E-state index contributed by atoms with van der Waals surface area (Å²) in [5.41, 5.74) is 5.09. The number of carbonyl (C=O) groups is 1. The zero-order chi connectivity index (χ0) is 13.6. The summed E-state index contributed by atoms with van der Waals surface area (Å²) < 4.78 is 3.53. The lowest BCUT2D eigenvalue weighted by atomic mass is 9.98. The maximum atomic E-state index is 10.7. The summed E-state index contributed by atoms with van der Waals surface area (Å²) >= 11 is 3.68. The molecule has 3 nitrogen and oxygen atoms in total. The molecular weight excluding hydrogens is 306 g/mol. The number of nitrogens with zero attached hydrogens (tertiary/aromatic N) is 1. The largest absolute Gasteiger partial charge is 0.481 e. The van der Waals surface area contributed by atoms with E-state index in [0.29, 0.717) is 6.42 Å². The van der Waals surface area contributed by atoms with E-state index >= 15 is 0 Å². The molecule has 0 atom stereocenters. The molecule has 0 unspecified atom stereocenters. The van der Waals surface area contributed by atoms with E-state index in [0.717, 1.165) is 29.4 Å². The highest BCUT2D eigenvalue weighted by Gasteiger charge is 2.19. The minimum Gasteiger partial charge on any atom is -0.481 e. The minimum absolute atomic E-state index is 0.197. The van der Waals surface area contributed by atoms with Crippen LogP contribution in [0.2, 0.25) is 0 Å². The van der Waals surface area contributed by atoms with Gasteiger partial charge in [0.25, 0.3) is 0 Å². The molecule has 1 aliphatic heterocycles. The number of hydrogen-bond acceptors (Lipinski definition) is 1. The maximum absolute atomic E-state index is 10.7. The van der Waals surface area contributed by atoms with E-state index in [1.807, 2.05) is 0 Å². The second-order valence-corrected chi connectivity index (χ2v) is 5.99. The molecule has 0 amide bonds. The number of halogens is 1. The molecule has 1 aromatic carbocycles. The number of carboxylic acid groups (broad SMARTS) is 1. The molecule has 1 aromatic heterocycles. The topological polar surface area (TPSA) is 42.2 Å². The standard InChI is InChI=1S/C15H16BrNO2/c1-9-14(16)12-8-10(4-5-13(18)19)7-11-3-2-6-17(9)15(11)12/h7-8H,2-6H2,1H3,(H,18,19). The number of carboxylic acids is 1. The van der Waals surface area contributed by atoms with Crippen LogP contribution in [-0.2, 0) is 24.2 Å². The second kappa shape index (κ2) is 4.67. The first-order valence-electron chi connectivity index (χ1n) is 6.60. The fraction of sp³-hybridized carbons (Fsp3) is 0.400. The molecule has 100 valence electrons. The number of rotatable bonds is 3.